The molecule has 29 heavy (non-hydrogen) atoms. The number of aromatic nitrogens is 2. The van der Waals surface area contributed by atoms with Crippen LogP contribution in [-0.4, -0.2) is 21.0 Å². The number of thiophene rings is 1. The molecule has 0 saturated carbocycles. The Morgan fingerprint density at radius 2 is 1.86 bits per heavy atom. The third kappa shape index (κ3) is 3.35. The lowest BCUT2D eigenvalue weighted by Gasteiger charge is -2.26. The van der Waals surface area contributed by atoms with Crippen LogP contribution in [0.5, 0.6) is 0 Å². The number of fused-ring (bicyclic) bond motifs is 3. The fourth-order valence-corrected chi connectivity index (χ4v) is 5.57. The summed E-state index contributed by atoms with van der Waals surface area (Å²) in [4.78, 5) is 21.0. The molecule has 2 aromatic heterocycles. The lowest BCUT2D eigenvalue weighted by molar-refractivity contribution is 0.249. The molecule has 1 aliphatic rings. The van der Waals surface area contributed by atoms with Gasteiger partial charge in [-0.25, -0.2) is 4.39 Å². The summed E-state index contributed by atoms with van der Waals surface area (Å²) in [7, 11) is 0. The van der Waals surface area contributed by atoms with Gasteiger partial charge in [0.1, 0.15) is 10.6 Å². The fourth-order valence-electron chi connectivity index (χ4n) is 3.93. The number of nitrogens with one attached hydrogen (secondary N) is 1. The summed E-state index contributed by atoms with van der Waals surface area (Å²) in [5, 5.41) is 0.710. The van der Waals surface area contributed by atoms with Crippen LogP contribution in [0.3, 0.4) is 0 Å². The van der Waals surface area contributed by atoms with Gasteiger partial charge in [-0.3, -0.25) is 14.3 Å². The molecule has 3 heterocycles. The molecule has 0 unspecified atom stereocenters. The molecule has 0 fully saturated rings. The smallest absolute Gasteiger partial charge is 0.267 e. The van der Waals surface area contributed by atoms with Crippen LogP contribution >= 0.6 is 23.6 Å². The molecule has 0 bridgehead atoms. The monoisotopic (exact) mass is 423 g/mol. The summed E-state index contributed by atoms with van der Waals surface area (Å²) in [6.45, 7) is 2.61. The lowest BCUT2D eigenvalue weighted by atomic mass is 10.0. The van der Waals surface area contributed by atoms with E-state index in [9.17, 15) is 9.18 Å². The van der Waals surface area contributed by atoms with E-state index in [1.165, 1.54) is 27.1 Å². The maximum Gasteiger partial charge on any atom is 0.267 e. The molecule has 4 nitrogen and oxygen atoms in total. The van der Waals surface area contributed by atoms with E-state index < -0.39 is 0 Å². The van der Waals surface area contributed by atoms with E-state index >= 15 is 0 Å². The number of H-pyrrole nitrogens is 1. The zero-order valence-electron chi connectivity index (χ0n) is 15.5. The van der Waals surface area contributed by atoms with Crippen molar-refractivity contribution in [2.75, 3.05) is 6.54 Å². The van der Waals surface area contributed by atoms with Gasteiger partial charge in [-0.05, 0) is 54.0 Å². The average molecular weight is 424 g/mol. The van der Waals surface area contributed by atoms with Crippen LogP contribution in [0, 0.1) is 10.6 Å². The van der Waals surface area contributed by atoms with Gasteiger partial charge in [0.05, 0.1) is 11.1 Å². The minimum absolute atomic E-state index is 0.135. The van der Waals surface area contributed by atoms with Crippen LogP contribution in [0.4, 0.5) is 4.39 Å². The van der Waals surface area contributed by atoms with Crippen LogP contribution in [0.25, 0.3) is 15.9 Å². The molecule has 0 aliphatic carbocycles. The predicted octanol–water partition coefficient (Wildman–Crippen LogP) is 4.81. The second-order valence-corrected chi connectivity index (χ2v) is 8.69. The van der Waals surface area contributed by atoms with Crippen LogP contribution in [0.2, 0.25) is 0 Å². The zero-order chi connectivity index (χ0) is 20.0. The quantitative estimate of drug-likeness (QED) is 0.481. The molecule has 7 heteroatoms. The summed E-state index contributed by atoms with van der Waals surface area (Å²) in [5.41, 5.74) is 2.84. The molecule has 2 aromatic carbocycles. The highest BCUT2D eigenvalue weighted by atomic mass is 32.1. The molecule has 0 spiro atoms. The molecule has 5 rings (SSSR count). The Morgan fingerprint density at radius 1 is 1.10 bits per heavy atom. The molecule has 4 aromatic rings. The van der Waals surface area contributed by atoms with Crippen molar-refractivity contribution < 1.29 is 4.39 Å². The molecular formula is C22H18FN3OS2. The summed E-state index contributed by atoms with van der Waals surface area (Å²) in [6, 6.07) is 16.2. The minimum Gasteiger partial charge on any atom is -0.323 e. The van der Waals surface area contributed by atoms with E-state index in [-0.39, 0.29) is 11.4 Å². The molecule has 1 aliphatic heterocycles. The molecular weight excluding hydrogens is 405 g/mol. The number of aromatic amines is 1. The largest absolute Gasteiger partial charge is 0.323 e. The molecule has 1 N–H and O–H groups in total. The summed E-state index contributed by atoms with van der Waals surface area (Å²) in [6.07, 6.45) is 0.825. The Bertz CT molecular complexity index is 1310. The van der Waals surface area contributed by atoms with Gasteiger partial charge in [-0.1, -0.05) is 30.3 Å². The van der Waals surface area contributed by atoms with Gasteiger partial charge in [0.2, 0.25) is 0 Å². The van der Waals surface area contributed by atoms with Crippen molar-refractivity contribution in [2.45, 2.75) is 19.5 Å². The molecule has 0 saturated heterocycles. The van der Waals surface area contributed by atoms with E-state index in [2.05, 4.69) is 34.1 Å². The first kappa shape index (κ1) is 18.4. The van der Waals surface area contributed by atoms with Crippen LogP contribution in [-0.2, 0) is 19.5 Å². The zero-order valence-corrected chi connectivity index (χ0v) is 17.2. The van der Waals surface area contributed by atoms with Crippen molar-refractivity contribution in [3.63, 3.8) is 0 Å². The number of benzene rings is 2. The Morgan fingerprint density at radius 3 is 2.62 bits per heavy atom. The van der Waals surface area contributed by atoms with Gasteiger partial charge >= 0.3 is 0 Å². The second-order valence-electron chi connectivity index (χ2n) is 7.20. The maximum absolute atomic E-state index is 13.3. The number of nitrogens with zero attached hydrogens (tertiary/aromatic N) is 2. The number of rotatable bonds is 3. The SMILES string of the molecule is O=c1c2c3c(sc2[nH]c(=S)n1-c1ccc(F)cc1)CN(Cc1ccccc1)CC3. The van der Waals surface area contributed by atoms with Crippen molar-refractivity contribution in [3.8, 4) is 5.69 Å². The highest BCUT2D eigenvalue weighted by Crippen LogP contribution is 2.33. The maximum atomic E-state index is 13.3. The average Bonchev–Trinajstić information content (AvgIpc) is 3.07. The standard InChI is InChI=1S/C22H18FN3OS2/c23-15-6-8-16(9-7-15)26-21(27)19-17-10-11-25(12-14-4-2-1-3-5-14)13-18(17)29-20(19)24-22(26)28/h1-9H,10-13H2,(H,24,28). The number of halogens is 1. The van der Waals surface area contributed by atoms with Gasteiger partial charge < -0.3 is 4.98 Å². The van der Waals surface area contributed by atoms with Crippen molar-refractivity contribution in [1.82, 2.24) is 14.5 Å². The minimum atomic E-state index is -0.343. The summed E-state index contributed by atoms with van der Waals surface area (Å²) >= 11 is 7.05. The van der Waals surface area contributed by atoms with Gasteiger partial charge in [0.15, 0.2) is 4.77 Å². The van der Waals surface area contributed by atoms with Crippen molar-refractivity contribution in [1.29, 1.82) is 0 Å². The van der Waals surface area contributed by atoms with Gasteiger partial charge in [0, 0.05) is 24.5 Å². The van der Waals surface area contributed by atoms with E-state index in [1.807, 2.05) is 6.07 Å². The van der Waals surface area contributed by atoms with E-state index in [0.717, 1.165) is 36.4 Å². The molecule has 146 valence electrons. The Balaban J connectivity index is 1.55. The second kappa shape index (κ2) is 7.33. The van der Waals surface area contributed by atoms with Crippen molar-refractivity contribution in [3.05, 3.63) is 91.5 Å². The first-order valence-corrected chi connectivity index (χ1v) is 10.6. The molecule has 0 atom stereocenters. The highest BCUT2D eigenvalue weighted by molar-refractivity contribution is 7.71. The first-order chi connectivity index (χ1) is 14.1. The van der Waals surface area contributed by atoms with E-state index in [0.29, 0.717) is 15.8 Å². The number of hydrogen-bond donors (Lipinski definition) is 1. The topological polar surface area (TPSA) is 41.0 Å². The Labute approximate surface area is 175 Å². The first-order valence-electron chi connectivity index (χ1n) is 9.42. The van der Waals surface area contributed by atoms with Crippen molar-refractivity contribution in [2.24, 2.45) is 0 Å². The van der Waals surface area contributed by atoms with E-state index in [1.54, 1.807) is 23.5 Å². The van der Waals surface area contributed by atoms with Crippen LogP contribution in [0.1, 0.15) is 16.0 Å². The molecule has 0 radical (unpaired) electrons. The summed E-state index contributed by atoms with van der Waals surface area (Å²) in [5.74, 6) is -0.343. The van der Waals surface area contributed by atoms with Gasteiger partial charge in [-0.2, -0.15) is 0 Å². The van der Waals surface area contributed by atoms with Crippen LogP contribution < -0.4 is 5.56 Å². The lowest BCUT2D eigenvalue weighted by Crippen LogP contribution is -2.30. The number of hydrogen-bond acceptors (Lipinski definition) is 4. The van der Waals surface area contributed by atoms with Crippen molar-refractivity contribution >= 4 is 33.8 Å². The van der Waals surface area contributed by atoms with Crippen LogP contribution in [0.15, 0.2) is 59.4 Å². The predicted molar refractivity (Wildman–Crippen MR) is 117 cm³/mol. The van der Waals surface area contributed by atoms with Gasteiger partial charge in [0.25, 0.3) is 5.56 Å². The normalized spacial score (nSPS) is 14.2. The van der Waals surface area contributed by atoms with E-state index in [4.69, 9.17) is 12.2 Å². The molecule has 0 amide bonds. The Kier molecular flexibility index (Phi) is 4.66. The fraction of sp³-hybridized carbons (Fsp3) is 0.182. The Hall–Kier alpha value is -2.61. The summed E-state index contributed by atoms with van der Waals surface area (Å²) < 4.78 is 15.1. The third-order valence-corrected chi connectivity index (χ3v) is 6.73. The highest BCUT2D eigenvalue weighted by Gasteiger charge is 2.24. The van der Waals surface area contributed by atoms with Gasteiger partial charge in [-0.15, -0.1) is 11.3 Å². The third-order valence-electron chi connectivity index (χ3n) is 5.31.